The van der Waals surface area contributed by atoms with Crippen LogP contribution in [0.1, 0.15) is 16.8 Å². The van der Waals surface area contributed by atoms with Crippen molar-refractivity contribution in [3.63, 3.8) is 0 Å². The third-order valence-corrected chi connectivity index (χ3v) is 3.49. The zero-order valence-electron chi connectivity index (χ0n) is 11.4. The van der Waals surface area contributed by atoms with E-state index in [9.17, 15) is 5.11 Å². The topological polar surface area (TPSA) is 77.0 Å². The van der Waals surface area contributed by atoms with Gasteiger partial charge in [0.15, 0.2) is 0 Å². The maximum absolute atomic E-state index is 9.85. The van der Waals surface area contributed by atoms with Gasteiger partial charge in [0.1, 0.15) is 0 Å². The molecule has 1 heterocycles. The molecule has 0 aliphatic heterocycles. The molecule has 0 aliphatic carbocycles. The fourth-order valence-electron chi connectivity index (χ4n) is 2.30. The first-order valence-electron chi connectivity index (χ1n) is 6.33. The number of aromatic nitrogens is 3. The first-order chi connectivity index (χ1) is 9.09. The van der Waals surface area contributed by atoms with E-state index in [1.807, 2.05) is 38.4 Å². The van der Waals surface area contributed by atoms with E-state index >= 15 is 0 Å². The molecule has 2 aromatic rings. The maximum Gasteiger partial charge on any atom is 0.0837 e. The van der Waals surface area contributed by atoms with E-state index in [0.29, 0.717) is 13.0 Å². The quantitative estimate of drug-likeness (QED) is 0.823. The van der Waals surface area contributed by atoms with Crippen molar-refractivity contribution in [3.8, 4) is 0 Å². The average molecular weight is 260 g/mol. The Morgan fingerprint density at radius 1 is 1.42 bits per heavy atom. The molecule has 0 fully saturated rings. The molecule has 3 N–H and O–H groups in total. The number of nitrogens with zero attached hydrogens (tertiary/aromatic N) is 3. The number of aryl methyl sites for hydroxylation is 2. The predicted molar refractivity (Wildman–Crippen MR) is 73.7 cm³/mol. The SMILES string of the molecule is Cc1cccc(C(CN)(CO)Cc2cn(C)nn2)c1. The van der Waals surface area contributed by atoms with Crippen LogP contribution in [0.25, 0.3) is 0 Å². The summed E-state index contributed by atoms with van der Waals surface area (Å²) in [6, 6.07) is 8.10. The standard InChI is InChI=1S/C14H20N4O/c1-11-4-3-5-12(6-11)14(9-15,10-19)7-13-8-18(2)17-16-13/h3-6,8,19H,7,9-10,15H2,1-2H3. The molecule has 0 amide bonds. The van der Waals surface area contributed by atoms with Crippen LogP contribution in [-0.2, 0) is 18.9 Å². The van der Waals surface area contributed by atoms with Crippen molar-refractivity contribution in [2.24, 2.45) is 12.8 Å². The Morgan fingerprint density at radius 2 is 2.21 bits per heavy atom. The second-order valence-electron chi connectivity index (χ2n) is 5.07. The number of aliphatic hydroxyl groups is 1. The molecule has 1 aromatic heterocycles. The maximum atomic E-state index is 9.85. The second-order valence-corrected chi connectivity index (χ2v) is 5.07. The molecule has 0 saturated heterocycles. The van der Waals surface area contributed by atoms with E-state index in [-0.39, 0.29) is 6.61 Å². The van der Waals surface area contributed by atoms with Gasteiger partial charge in [-0.2, -0.15) is 0 Å². The van der Waals surface area contributed by atoms with E-state index in [1.54, 1.807) is 4.68 Å². The normalized spacial score (nSPS) is 14.3. The summed E-state index contributed by atoms with van der Waals surface area (Å²) in [5.41, 5.74) is 8.48. The van der Waals surface area contributed by atoms with Gasteiger partial charge in [-0.25, -0.2) is 0 Å². The summed E-state index contributed by atoms with van der Waals surface area (Å²) < 4.78 is 1.66. The van der Waals surface area contributed by atoms with Gasteiger partial charge in [0.2, 0.25) is 0 Å². The highest BCUT2D eigenvalue weighted by Gasteiger charge is 2.31. The number of aliphatic hydroxyl groups excluding tert-OH is 1. The highest BCUT2D eigenvalue weighted by atomic mass is 16.3. The molecule has 5 heteroatoms. The van der Waals surface area contributed by atoms with Crippen molar-refractivity contribution in [1.82, 2.24) is 15.0 Å². The molecule has 0 spiro atoms. The van der Waals surface area contributed by atoms with Crippen LogP contribution in [0.15, 0.2) is 30.5 Å². The summed E-state index contributed by atoms with van der Waals surface area (Å²) in [5.74, 6) is 0. The largest absolute Gasteiger partial charge is 0.395 e. The molecule has 102 valence electrons. The van der Waals surface area contributed by atoms with Crippen molar-refractivity contribution >= 4 is 0 Å². The Bertz CT molecular complexity index is 546. The Kier molecular flexibility index (Phi) is 3.97. The molecule has 0 radical (unpaired) electrons. The number of hydrogen-bond donors (Lipinski definition) is 2. The van der Waals surface area contributed by atoms with Crippen molar-refractivity contribution in [1.29, 1.82) is 0 Å². The number of benzene rings is 1. The molecule has 5 nitrogen and oxygen atoms in total. The molecule has 0 aliphatic rings. The van der Waals surface area contributed by atoms with Crippen LogP contribution >= 0.6 is 0 Å². The molecule has 1 aromatic carbocycles. The fraction of sp³-hybridized carbons (Fsp3) is 0.429. The molecule has 0 bridgehead atoms. The lowest BCUT2D eigenvalue weighted by molar-refractivity contribution is 0.195. The summed E-state index contributed by atoms with van der Waals surface area (Å²) in [7, 11) is 1.83. The van der Waals surface area contributed by atoms with Crippen LogP contribution in [-0.4, -0.2) is 33.3 Å². The van der Waals surface area contributed by atoms with Gasteiger partial charge >= 0.3 is 0 Å². The summed E-state index contributed by atoms with van der Waals surface area (Å²) in [6.45, 7) is 2.39. The Labute approximate surface area is 113 Å². The van der Waals surface area contributed by atoms with Gasteiger partial charge in [-0.05, 0) is 12.5 Å². The zero-order chi connectivity index (χ0) is 13.9. The van der Waals surface area contributed by atoms with Gasteiger partial charge in [0.05, 0.1) is 12.3 Å². The number of nitrogens with two attached hydrogens (primary N) is 1. The molecule has 0 saturated carbocycles. The molecule has 2 rings (SSSR count). The molecule has 1 atom stereocenters. The monoisotopic (exact) mass is 260 g/mol. The van der Waals surface area contributed by atoms with Gasteiger partial charge in [-0.3, -0.25) is 4.68 Å². The second kappa shape index (κ2) is 5.50. The minimum Gasteiger partial charge on any atom is -0.395 e. The van der Waals surface area contributed by atoms with E-state index in [0.717, 1.165) is 16.8 Å². The molecular formula is C14H20N4O. The van der Waals surface area contributed by atoms with Crippen LogP contribution in [0.5, 0.6) is 0 Å². The first-order valence-corrected chi connectivity index (χ1v) is 6.33. The van der Waals surface area contributed by atoms with Crippen molar-refractivity contribution in [2.45, 2.75) is 18.8 Å². The van der Waals surface area contributed by atoms with Crippen molar-refractivity contribution < 1.29 is 5.11 Å². The average Bonchev–Trinajstić information content (AvgIpc) is 2.81. The summed E-state index contributed by atoms with van der Waals surface area (Å²) >= 11 is 0. The first kappa shape index (κ1) is 13.7. The zero-order valence-corrected chi connectivity index (χ0v) is 11.4. The van der Waals surface area contributed by atoms with E-state index in [4.69, 9.17) is 5.73 Å². The minimum absolute atomic E-state index is 0.0104. The van der Waals surface area contributed by atoms with Crippen LogP contribution < -0.4 is 5.73 Å². The Morgan fingerprint density at radius 3 is 2.74 bits per heavy atom. The van der Waals surface area contributed by atoms with Crippen LogP contribution in [0, 0.1) is 6.92 Å². The lowest BCUT2D eigenvalue weighted by Crippen LogP contribution is -2.41. The Hall–Kier alpha value is -1.72. The van der Waals surface area contributed by atoms with E-state index in [2.05, 4.69) is 16.4 Å². The van der Waals surface area contributed by atoms with Crippen LogP contribution in [0.3, 0.4) is 0 Å². The van der Waals surface area contributed by atoms with Crippen molar-refractivity contribution in [2.75, 3.05) is 13.2 Å². The highest BCUT2D eigenvalue weighted by Crippen LogP contribution is 2.27. The third kappa shape index (κ3) is 2.83. The molecule has 1 unspecified atom stereocenters. The smallest absolute Gasteiger partial charge is 0.0837 e. The minimum atomic E-state index is -0.498. The van der Waals surface area contributed by atoms with Gasteiger partial charge < -0.3 is 10.8 Å². The van der Waals surface area contributed by atoms with Gasteiger partial charge in [0.25, 0.3) is 0 Å². The Balaban J connectivity index is 2.37. The lowest BCUT2D eigenvalue weighted by atomic mass is 9.77. The van der Waals surface area contributed by atoms with Gasteiger partial charge in [-0.15, -0.1) is 5.10 Å². The number of hydrogen-bond acceptors (Lipinski definition) is 4. The molecular weight excluding hydrogens is 240 g/mol. The summed E-state index contributed by atoms with van der Waals surface area (Å²) in [4.78, 5) is 0. The number of rotatable bonds is 5. The lowest BCUT2D eigenvalue weighted by Gasteiger charge is -2.30. The van der Waals surface area contributed by atoms with Crippen molar-refractivity contribution in [3.05, 3.63) is 47.3 Å². The summed E-state index contributed by atoms with van der Waals surface area (Å²) in [6.07, 6.45) is 2.44. The highest BCUT2D eigenvalue weighted by molar-refractivity contribution is 5.31. The predicted octanol–water partition coefficient (Wildman–Crippen LogP) is 0.555. The van der Waals surface area contributed by atoms with E-state index < -0.39 is 5.41 Å². The fourth-order valence-corrected chi connectivity index (χ4v) is 2.30. The van der Waals surface area contributed by atoms with Gasteiger partial charge in [0, 0.05) is 31.6 Å². The summed E-state index contributed by atoms with van der Waals surface area (Å²) in [5, 5.41) is 17.9. The van der Waals surface area contributed by atoms with Crippen LogP contribution in [0.4, 0.5) is 0 Å². The molecule has 19 heavy (non-hydrogen) atoms. The van der Waals surface area contributed by atoms with E-state index in [1.165, 1.54) is 0 Å². The van der Waals surface area contributed by atoms with Crippen LogP contribution in [0.2, 0.25) is 0 Å². The van der Waals surface area contributed by atoms with Gasteiger partial charge in [-0.1, -0.05) is 35.0 Å². The third-order valence-electron chi connectivity index (χ3n) is 3.49.